The maximum atomic E-state index is 12.5. The summed E-state index contributed by atoms with van der Waals surface area (Å²) in [6.07, 6.45) is 2.09. The summed E-state index contributed by atoms with van der Waals surface area (Å²) < 4.78 is 0. The zero-order chi connectivity index (χ0) is 19.4. The van der Waals surface area contributed by atoms with Crippen molar-refractivity contribution in [1.29, 1.82) is 0 Å². The summed E-state index contributed by atoms with van der Waals surface area (Å²) in [5.74, 6) is 0.978. The van der Waals surface area contributed by atoms with Gasteiger partial charge in [0.2, 0.25) is 5.91 Å². The minimum Gasteiger partial charge on any atom is -0.353 e. The van der Waals surface area contributed by atoms with Gasteiger partial charge in [0.05, 0.1) is 0 Å². The number of amides is 1. The second kappa shape index (κ2) is 8.29. The summed E-state index contributed by atoms with van der Waals surface area (Å²) in [6, 6.07) is 7.67. The highest BCUT2D eigenvalue weighted by molar-refractivity contribution is 5.98. The van der Waals surface area contributed by atoms with Crippen molar-refractivity contribution in [3.63, 3.8) is 0 Å². The molecular weight excluding hydrogens is 340 g/mol. The molecule has 1 fully saturated rings. The van der Waals surface area contributed by atoms with Gasteiger partial charge in [0, 0.05) is 56.3 Å². The standard InChI is InChI=1S/C21H26N4O2/c1-15-4-5-18(12-16(15)2)19(26)6-7-21(27)25-10-8-24(9-11-25)20-13-17(3)22-14-23-20/h4-5,12-14H,6-11H2,1-3H3. The Morgan fingerprint density at radius 2 is 1.67 bits per heavy atom. The van der Waals surface area contributed by atoms with Crippen LogP contribution in [0.1, 0.15) is 40.0 Å². The molecule has 27 heavy (non-hydrogen) atoms. The third-order valence-corrected chi connectivity index (χ3v) is 5.14. The number of hydrogen-bond donors (Lipinski definition) is 0. The minimum atomic E-state index is 0.0292. The Morgan fingerprint density at radius 1 is 0.926 bits per heavy atom. The van der Waals surface area contributed by atoms with Crippen LogP contribution in [0.2, 0.25) is 0 Å². The first-order valence-corrected chi connectivity index (χ1v) is 9.36. The number of Topliss-reactive ketones (excluding diaryl/α,β-unsaturated/α-hetero) is 1. The SMILES string of the molecule is Cc1cc(N2CCN(C(=O)CCC(=O)c3ccc(C)c(C)c3)CC2)ncn1. The molecule has 0 atom stereocenters. The number of aryl methyl sites for hydroxylation is 3. The van der Waals surface area contributed by atoms with Crippen molar-refractivity contribution >= 4 is 17.5 Å². The molecule has 6 nitrogen and oxygen atoms in total. The largest absolute Gasteiger partial charge is 0.353 e. The maximum absolute atomic E-state index is 12.5. The van der Waals surface area contributed by atoms with E-state index in [4.69, 9.17) is 0 Å². The molecule has 1 aromatic carbocycles. The van der Waals surface area contributed by atoms with Gasteiger partial charge in [0.1, 0.15) is 12.1 Å². The van der Waals surface area contributed by atoms with E-state index >= 15 is 0 Å². The predicted molar refractivity (Wildman–Crippen MR) is 105 cm³/mol. The van der Waals surface area contributed by atoms with Crippen molar-refractivity contribution in [2.75, 3.05) is 31.1 Å². The molecule has 0 bridgehead atoms. The van der Waals surface area contributed by atoms with Gasteiger partial charge >= 0.3 is 0 Å². The van der Waals surface area contributed by atoms with Crippen LogP contribution in [0.4, 0.5) is 5.82 Å². The number of carbonyl (C=O) groups excluding carboxylic acids is 2. The lowest BCUT2D eigenvalue weighted by Crippen LogP contribution is -2.49. The van der Waals surface area contributed by atoms with Gasteiger partial charge in [-0.05, 0) is 38.0 Å². The molecule has 3 rings (SSSR count). The summed E-state index contributed by atoms with van der Waals surface area (Å²) in [6.45, 7) is 8.75. The van der Waals surface area contributed by atoms with E-state index in [1.54, 1.807) is 6.33 Å². The summed E-state index contributed by atoms with van der Waals surface area (Å²) in [7, 11) is 0. The molecule has 1 aliphatic rings. The maximum Gasteiger partial charge on any atom is 0.223 e. The molecule has 0 unspecified atom stereocenters. The molecule has 0 saturated carbocycles. The second-order valence-corrected chi connectivity index (χ2v) is 7.11. The average Bonchev–Trinajstić information content (AvgIpc) is 2.68. The van der Waals surface area contributed by atoms with E-state index in [0.717, 1.165) is 30.2 Å². The van der Waals surface area contributed by atoms with Gasteiger partial charge in [0.25, 0.3) is 0 Å². The highest BCUT2D eigenvalue weighted by atomic mass is 16.2. The fraction of sp³-hybridized carbons (Fsp3) is 0.429. The highest BCUT2D eigenvalue weighted by Gasteiger charge is 2.22. The van der Waals surface area contributed by atoms with Gasteiger partial charge in [-0.25, -0.2) is 9.97 Å². The van der Waals surface area contributed by atoms with Crippen LogP contribution in [-0.2, 0) is 4.79 Å². The Labute approximate surface area is 160 Å². The summed E-state index contributed by atoms with van der Waals surface area (Å²) in [5, 5.41) is 0. The van der Waals surface area contributed by atoms with E-state index in [9.17, 15) is 9.59 Å². The van der Waals surface area contributed by atoms with Crippen molar-refractivity contribution in [1.82, 2.24) is 14.9 Å². The number of carbonyl (C=O) groups is 2. The van der Waals surface area contributed by atoms with E-state index in [1.165, 1.54) is 5.56 Å². The Bertz CT molecular complexity index is 842. The molecule has 0 spiro atoms. The number of aromatic nitrogens is 2. The number of piperazine rings is 1. The van der Waals surface area contributed by atoms with Crippen LogP contribution in [0.3, 0.4) is 0 Å². The first kappa shape index (κ1) is 19.0. The zero-order valence-electron chi connectivity index (χ0n) is 16.2. The molecule has 6 heteroatoms. The molecule has 0 radical (unpaired) electrons. The first-order chi connectivity index (χ1) is 12.9. The number of benzene rings is 1. The smallest absolute Gasteiger partial charge is 0.223 e. The lowest BCUT2D eigenvalue weighted by atomic mass is 10.0. The topological polar surface area (TPSA) is 66.4 Å². The van der Waals surface area contributed by atoms with Gasteiger partial charge in [-0.3, -0.25) is 9.59 Å². The fourth-order valence-corrected chi connectivity index (χ4v) is 3.24. The lowest BCUT2D eigenvalue weighted by Gasteiger charge is -2.35. The molecule has 2 heterocycles. The molecule has 2 aromatic rings. The van der Waals surface area contributed by atoms with E-state index in [-0.39, 0.29) is 24.5 Å². The van der Waals surface area contributed by atoms with Crippen LogP contribution in [0, 0.1) is 20.8 Å². The summed E-state index contributed by atoms with van der Waals surface area (Å²) in [4.78, 5) is 37.3. The van der Waals surface area contributed by atoms with Crippen LogP contribution < -0.4 is 4.90 Å². The fourth-order valence-electron chi connectivity index (χ4n) is 3.24. The molecule has 0 aliphatic carbocycles. The molecule has 1 saturated heterocycles. The predicted octanol–water partition coefficient (Wildman–Crippen LogP) is 2.71. The molecule has 142 valence electrons. The van der Waals surface area contributed by atoms with Gasteiger partial charge in [-0.1, -0.05) is 12.1 Å². The van der Waals surface area contributed by atoms with E-state index in [1.807, 2.05) is 49.9 Å². The minimum absolute atomic E-state index is 0.0292. The van der Waals surface area contributed by atoms with Crippen molar-refractivity contribution in [2.45, 2.75) is 33.6 Å². The highest BCUT2D eigenvalue weighted by Crippen LogP contribution is 2.16. The van der Waals surface area contributed by atoms with E-state index < -0.39 is 0 Å². The van der Waals surface area contributed by atoms with Crippen LogP contribution in [0.5, 0.6) is 0 Å². The van der Waals surface area contributed by atoms with Gasteiger partial charge in [-0.2, -0.15) is 0 Å². The summed E-state index contributed by atoms with van der Waals surface area (Å²) >= 11 is 0. The van der Waals surface area contributed by atoms with Crippen molar-refractivity contribution < 1.29 is 9.59 Å². The molecule has 0 N–H and O–H groups in total. The van der Waals surface area contributed by atoms with Gasteiger partial charge in [-0.15, -0.1) is 0 Å². The van der Waals surface area contributed by atoms with Crippen LogP contribution in [-0.4, -0.2) is 52.7 Å². The second-order valence-electron chi connectivity index (χ2n) is 7.11. The van der Waals surface area contributed by atoms with Gasteiger partial charge < -0.3 is 9.80 Å². The zero-order valence-corrected chi connectivity index (χ0v) is 16.2. The van der Waals surface area contributed by atoms with Gasteiger partial charge in [0.15, 0.2) is 5.78 Å². The van der Waals surface area contributed by atoms with Crippen molar-refractivity contribution in [3.05, 3.63) is 53.0 Å². The average molecular weight is 366 g/mol. The Hall–Kier alpha value is -2.76. The Kier molecular flexibility index (Phi) is 5.84. The van der Waals surface area contributed by atoms with Crippen LogP contribution in [0.15, 0.2) is 30.6 Å². The molecule has 1 amide bonds. The number of ketones is 1. The number of rotatable bonds is 5. The van der Waals surface area contributed by atoms with E-state index in [2.05, 4.69) is 14.9 Å². The quantitative estimate of drug-likeness (QED) is 0.761. The summed E-state index contributed by atoms with van der Waals surface area (Å²) in [5.41, 5.74) is 3.89. The number of hydrogen-bond acceptors (Lipinski definition) is 5. The Balaban J connectivity index is 1.49. The number of anilines is 1. The third kappa shape index (κ3) is 4.70. The lowest BCUT2D eigenvalue weighted by molar-refractivity contribution is -0.131. The molecular formula is C21H26N4O2. The molecule has 1 aliphatic heterocycles. The molecule has 1 aromatic heterocycles. The van der Waals surface area contributed by atoms with E-state index in [0.29, 0.717) is 18.7 Å². The normalized spacial score (nSPS) is 14.3. The van der Waals surface area contributed by atoms with Crippen molar-refractivity contribution in [3.8, 4) is 0 Å². The van der Waals surface area contributed by atoms with Crippen LogP contribution >= 0.6 is 0 Å². The first-order valence-electron chi connectivity index (χ1n) is 9.36. The van der Waals surface area contributed by atoms with Crippen LogP contribution in [0.25, 0.3) is 0 Å². The number of nitrogens with zero attached hydrogens (tertiary/aromatic N) is 4. The monoisotopic (exact) mass is 366 g/mol. The van der Waals surface area contributed by atoms with Crippen molar-refractivity contribution in [2.24, 2.45) is 0 Å². The third-order valence-electron chi connectivity index (χ3n) is 5.14. The Morgan fingerprint density at radius 3 is 2.33 bits per heavy atom.